The van der Waals surface area contributed by atoms with Crippen LogP contribution in [0.25, 0.3) is 0 Å². The second-order valence-electron chi connectivity index (χ2n) is 18.3. The van der Waals surface area contributed by atoms with E-state index >= 15 is 0 Å². The van der Waals surface area contributed by atoms with Gasteiger partial charge in [-0.15, -0.1) is 0 Å². The molecular weight excluding hydrogens is 729 g/mol. The predicted octanol–water partition coefficient (Wildman–Crippen LogP) is 6.54. The Kier molecular flexibility index (Phi) is 8.40. The molecule has 0 aromatic heterocycles. The first kappa shape index (κ1) is 35.8. The Morgan fingerprint density at radius 1 is 0.845 bits per heavy atom. The molecule has 2 aliphatic carbocycles. The van der Waals surface area contributed by atoms with Crippen LogP contribution in [0.15, 0.2) is 84.9 Å². The van der Waals surface area contributed by atoms with E-state index in [2.05, 4.69) is 75.8 Å². The van der Waals surface area contributed by atoms with Crippen LogP contribution in [0, 0.1) is 11.3 Å². The van der Waals surface area contributed by atoms with E-state index in [1.807, 2.05) is 18.2 Å². The molecule has 4 aromatic carbocycles. The Morgan fingerprint density at radius 3 is 2.41 bits per heavy atom. The standard InChI is InChI=1S/C48H50N4O6/c53-35-11-13-37-33(22-35)8-12-36(31-4-2-1-3-5-31)43(37)32-6-9-34(10-7-32)51-20-18-47(19-21-51)23-30(24-47)25-50-27-48(28-50)29-57-44-39-26-52(40-15-17-42(54)49-45(40)55)46(56)38(39)14-16-41(44)58-48/h1-7,9-11,13-14,16,22,30,36,40,43,53H,8,12,15,17-21,23-29H2,(H,49,54,55)/t36-,40?,43+/m1/s1. The molecular formula is C48H50N4O6. The largest absolute Gasteiger partial charge is 0.508 e. The van der Waals surface area contributed by atoms with Crippen LogP contribution >= 0.6 is 0 Å². The smallest absolute Gasteiger partial charge is 0.255 e. The molecule has 10 heteroatoms. The van der Waals surface area contributed by atoms with Crippen molar-refractivity contribution in [3.8, 4) is 17.2 Å². The molecule has 5 aliphatic heterocycles. The number of fused-ring (bicyclic) bond motifs is 4. The molecule has 7 aliphatic rings. The van der Waals surface area contributed by atoms with Crippen LogP contribution in [0.2, 0.25) is 0 Å². The molecule has 11 rings (SSSR count). The van der Waals surface area contributed by atoms with Crippen molar-refractivity contribution in [2.24, 2.45) is 11.3 Å². The van der Waals surface area contributed by atoms with Gasteiger partial charge in [-0.1, -0.05) is 48.5 Å². The number of amides is 3. The van der Waals surface area contributed by atoms with Gasteiger partial charge in [-0.2, -0.15) is 0 Å². The molecule has 1 saturated carbocycles. The number of phenols is 1. The highest BCUT2D eigenvalue weighted by molar-refractivity contribution is 6.05. The number of ether oxygens (including phenoxy) is 2. The number of nitrogens with one attached hydrogen (secondary N) is 1. The normalized spacial score (nSPS) is 25.9. The van der Waals surface area contributed by atoms with E-state index in [1.54, 1.807) is 11.0 Å². The summed E-state index contributed by atoms with van der Waals surface area (Å²) in [5.74, 6) is 2.11. The highest BCUT2D eigenvalue weighted by Crippen LogP contribution is 2.54. The Bertz CT molecular complexity index is 2290. The van der Waals surface area contributed by atoms with Crippen molar-refractivity contribution >= 4 is 23.4 Å². The fourth-order valence-electron chi connectivity index (χ4n) is 11.8. The molecule has 5 heterocycles. The minimum atomic E-state index is -0.654. The summed E-state index contributed by atoms with van der Waals surface area (Å²) >= 11 is 0. The van der Waals surface area contributed by atoms with Gasteiger partial charge in [0.25, 0.3) is 5.91 Å². The van der Waals surface area contributed by atoms with E-state index in [0.717, 1.165) is 51.1 Å². The number of hydrogen-bond acceptors (Lipinski definition) is 8. The third kappa shape index (κ3) is 6.05. The van der Waals surface area contributed by atoms with Gasteiger partial charge in [0, 0.05) is 61.9 Å². The van der Waals surface area contributed by atoms with Crippen LogP contribution in [0.4, 0.5) is 5.69 Å². The summed E-state index contributed by atoms with van der Waals surface area (Å²) in [6.45, 7) is 5.68. The second kappa shape index (κ2) is 13.6. The van der Waals surface area contributed by atoms with Crippen LogP contribution in [0.5, 0.6) is 17.2 Å². The maximum Gasteiger partial charge on any atom is 0.255 e. The van der Waals surface area contributed by atoms with E-state index in [4.69, 9.17) is 9.47 Å². The third-order valence-corrected chi connectivity index (χ3v) is 14.7. The maximum absolute atomic E-state index is 13.3. The van der Waals surface area contributed by atoms with Gasteiger partial charge in [0.15, 0.2) is 17.1 Å². The number of likely N-dealkylation sites (tertiary alicyclic amines) is 1. The first-order chi connectivity index (χ1) is 28.2. The average molecular weight is 779 g/mol. The highest BCUT2D eigenvalue weighted by atomic mass is 16.6. The molecule has 1 unspecified atom stereocenters. The first-order valence-corrected chi connectivity index (χ1v) is 21.3. The lowest BCUT2D eigenvalue weighted by Crippen LogP contribution is -2.69. The van der Waals surface area contributed by atoms with Crippen molar-refractivity contribution in [1.29, 1.82) is 0 Å². The summed E-state index contributed by atoms with van der Waals surface area (Å²) in [5.41, 5.74) is 8.06. The van der Waals surface area contributed by atoms with Crippen molar-refractivity contribution in [1.82, 2.24) is 15.1 Å². The number of anilines is 1. The van der Waals surface area contributed by atoms with Gasteiger partial charge < -0.3 is 24.4 Å². The van der Waals surface area contributed by atoms with Crippen LogP contribution < -0.4 is 19.7 Å². The van der Waals surface area contributed by atoms with E-state index in [1.165, 1.54) is 53.6 Å². The van der Waals surface area contributed by atoms with E-state index in [-0.39, 0.29) is 36.3 Å². The van der Waals surface area contributed by atoms with E-state index in [0.29, 0.717) is 53.1 Å². The van der Waals surface area contributed by atoms with Crippen molar-refractivity contribution < 1.29 is 29.0 Å². The van der Waals surface area contributed by atoms with E-state index in [9.17, 15) is 19.5 Å². The molecule has 2 spiro atoms. The molecule has 3 amide bonds. The van der Waals surface area contributed by atoms with E-state index < -0.39 is 11.9 Å². The van der Waals surface area contributed by atoms with Crippen LogP contribution in [-0.2, 0) is 22.6 Å². The van der Waals surface area contributed by atoms with Gasteiger partial charge in [-0.3, -0.25) is 24.6 Å². The molecule has 58 heavy (non-hydrogen) atoms. The summed E-state index contributed by atoms with van der Waals surface area (Å²) < 4.78 is 13.0. The lowest BCUT2D eigenvalue weighted by Gasteiger charge is -2.57. The molecule has 2 N–H and O–H groups in total. The summed E-state index contributed by atoms with van der Waals surface area (Å²) in [6.07, 6.45) is 7.69. The Labute approximate surface area is 339 Å². The van der Waals surface area contributed by atoms with Gasteiger partial charge in [0.2, 0.25) is 11.8 Å². The molecule has 4 fully saturated rings. The number of piperidine rings is 2. The van der Waals surface area contributed by atoms with Gasteiger partial charge in [0.05, 0.1) is 6.54 Å². The van der Waals surface area contributed by atoms with Crippen LogP contribution in [-0.4, -0.2) is 83.6 Å². The van der Waals surface area contributed by atoms with Gasteiger partial charge >= 0.3 is 0 Å². The quantitative estimate of drug-likeness (QED) is 0.213. The van der Waals surface area contributed by atoms with Gasteiger partial charge in [-0.05, 0) is 121 Å². The highest BCUT2D eigenvalue weighted by Gasteiger charge is 2.53. The molecule has 0 radical (unpaired) electrons. The predicted molar refractivity (Wildman–Crippen MR) is 218 cm³/mol. The van der Waals surface area contributed by atoms with Crippen molar-refractivity contribution in [3.63, 3.8) is 0 Å². The summed E-state index contributed by atoms with van der Waals surface area (Å²) in [4.78, 5) is 44.1. The molecule has 4 aromatic rings. The van der Waals surface area contributed by atoms with Crippen LogP contribution in [0.1, 0.15) is 95.0 Å². The number of carbonyl (C=O) groups is 3. The monoisotopic (exact) mass is 778 g/mol. The SMILES string of the molecule is O=C1CCC(N2Cc3c(ccc4c3OCC3(CN(CC5CC6(CCN(c7ccc([C@@H]8c9ccc(O)cc9CC[C@@H]8c8ccccc8)cc7)CC6)C5)C3)O4)C2=O)C(=O)N1. The van der Waals surface area contributed by atoms with Gasteiger partial charge in [0.1, 0.15) is 18.4 Å². The molecule has 0 bridgehead atoms. The zero-order valence-corrected chi connectivity index (χ0v) is 32.8. The Hall–Kier alpha value is -5.35. The minimum Gasteiger partial charge on any atom is -0.508 e. The Morgan fingerprint density at radius 2 is 1.64 bits per heavy atom. The van der Waals surface area contributed by atoms with Crippen molar-refractivity contribution in [2.75, 3.05) is 44.2 Å². The number of rotatable bonds is 6. The fraction of sp³-hybridized carbons (Fsp3) is 0.438. The number of nitrogens with zero attached hydrogens (tertiary/aromatic N) is 3. The number of hydrogen-bond donors (Lipinski definition) is 2. The van der Waals surface area contributed by atoms with Crippen LogP contribution in [0.3, 0.4) is 0 Å². The number of aromatic hydroxyl groups is 1. The first-order valence-electron chi connectivity index (χ1n) is 21.3. The summed E-state index contributed by atoms with van der Waals surface area (Å²) in [5, 5.41) is 12.6. The molecule has 10 nitrogen and oxygen atoms in total. The maximum atomic E-state index is 13.3. The number of phenolic OH excluding ortho intramolecular Hbond substituents is 1. The van der Waals surface area contributed by atoms with Gasteiger partial charge in [-0.25, -0.2) is 0 Å². The molecule has 3 atom stereocenters. The fourth-order valence-corrected chi connectivity index (χ4v) is 11.8. The number of carbonyl (C=O) groups excluding carboxylic acids is 3. The topological polar surface area (TPSA) is 112 Å². The zero-order valence-electron chi connectivity index (χ0n) is 32.8. The molecule has 3 saturated heterocycles. The lowest BCUT2D eigenvalue weighted by atomic mass is 9.57. The van der Waals surface area contributed by atoms with Crippen molar-refractivity contribution in [3.05, 3.63) is 118 Å². The van der Waals surface area contributed by atoms with Crippen molar-refractivity contribution in [2.45, 2.75) is 81.4 Å². The zero-order chi connectivity index (χ0) is 39.2. The average Bonchev–Trinajstić information content (AvgIpc) is 3.55. The summed E-state index contributed by atoms with van der Waals surface area (Å²) in [6, 6.07) is 29.2. The number of benzene rings is 4. The summed E-state index contributed by atoms with van der Waals surface area (Å²) in [7, 11) is 0. The number of imide groups is 1. The lowest BCUT2D eigenvalue weighted by molar-refractivity contribution is -0.136. The number of aryl methyl sites for hydroxylation is 1. The third-order valence-electron chi connectivity index (χ3n) is 14.7. The molecule has 298 valence electrons. The minimum absolute atomic E-state index is 0.202. The second-order valence-corrected chi connectivity index (χ2v) is 18.3. The Balaban J connectivity index is 0.676.